The number of carbonyl (C=O) groups is 2. The third-order valence-electron chi connectivity index (χ3n) is 3.93. The molecule has 1 aromatic rings. The Kier molecular flexibility index (Phi) is 4.23. The quantitative estimate of drug-likeness (QED) is 0.795. The number of amides is 1. The molecule has 0 radical (unpaired) electrons. The number of anilines is 1. The zero-order valence-corrected chi connectivity index (χ0v) is 13.2. The van der Waals surface area contributed by atoms with E-state index in [1.165, 1.54) is 6.26 Å². The maximum absolute atomic E-state index is 12.7. The fourth-order valence-corrected chi connectivity index (χ4v) is 2.84. The molecule has 23 heavy (non-hydrogen) atoms. The summed E-state index contributed by atoms with van der Waals surface area (Å²) >= 11 is 0. The first-order valence-corrected chi connectivity index (χ1v) is 7.64. The minimum absolute atomic E-state index is 0.00855. The van der Waals surface area contributed by atoms with Gasteiger partial charge in [-0.2, -0.15) is 0 Å². The van der Waals surface area contributed by atoms with Crippen LogP contribution in [0.1, 0.15) is 19.4 Å². The van der Waals surface area contributed by atoms with Crippen molar-refractivity contribution in [2.75, 3.05) is 18.1 Å². The molecule has 0 spiro atoms. The maximum atomic E-state index is 12.7. The van der Waals surface area contributed by atoms with E-state index in [2.05, 4.69) is 0 Å². The van der Waals surface area contributed by atoms with Crippen molar-refractivity contribution in [2.24, 2.45) is 0 Å². The monoisotopic (exact) mass is 317 g/mol. The van der Waals surface area contributed by atoms with E-state index in [1.807, 2.05) is 31.2 Å². The molecule has 0 aromatic heterocycles. The first-order chi connectivity index (χ1) is 11.1. The predicted molar refractivity (Wildman–Crippen MR) is 82.6 cm³/mol. The molecule has 3 rings (SSSR count). The summed E-state index contributed by atoms with van der Waals surface area (Å²) in [6.07, 6.45) is 1.11. The Morgan fingerprint density at radius 1 is 1.30 bits per heavy atom. The van der Waals surface area contributed by atoms with Crippen LogP contribution in [-0.4, -0.2) is 37.2 Å². The average molecular weight is 317 g/mol. The molecule has 2 aliphatic heterocycles. The van der Waals surface area contributed by atoms with Crippen LogP contribution in [-0.2, 0) is 30.2 Å². The number of fused-ring (bicyclic) bond motifs is 1. The Labute approximate surface area is 134 Å². The lowest BCUT2D eigenvalue weighted by Crippen LogP contribution is -2.43. The lowest BCUT2D eigenvalue weighted by Gasteiger charge is -2.26. The summed E-state index contributed by atoms with van der Waals surface area (Å²) in [7, 11) is 0. The maximum Gasteiger partial charge on any atom is 0.377 e. The van der Waals surface area contributed by atoms with Crippen LogP contribution in [0, 0.1) is 0 Å². The van der Waals surface area contributed by atoms with Gasteiger partial charge in [-0.1, -0.05) is 18.2 Å². The minimum atomic E-state index is -0.900. The van der Waals surface area contributed by atoms with E-state index >= 15 is 0 Å². The third-order valence-corrected chi connectivity index (χ3v) is 3.93. The molecule has 2 atom stereocenters. The van der Waals surface area contributed by atoms with E-state index in [0.717, 1.165) is 17.7 Å². The predicted octanol–water partition coefficient (Wildman–Crippen LogP) is 1.78. The van der Waals surface area contributed by atoms with E-state index in [9.17, 15) is 9.59 Å². The van der Waals surface area contributed by atoms with E-state index in [1.54, 1.807) is 11.8 Å². The van der Waals surface area contributed by atoms with Crippen molar-refractivity contribution in [3.63, 3.8) is 0 Å². The highest BCUT2D eigenvalue weighted by molar-refractivity contribution is 6.00. The molecule has 6 nitrogen and oxygen atoms in total. The number of ether oxygens (including phenoxy) is 3. The van der Waals surface area contributed by atoms with Crippen LogP contribution < -0.4 is 4.90 Å². The van der Waals surface area contributed by atoms with Crippen molar-refractivity contribution < 1.29 is 23.8 Å². The van der Waals surface area contributed by atoms with Crippen LogP contribution in [0.2, 0.25) is 0 Å². The summed E-state index contributed by atoms with van der Waals surface area (Å²) in [5.74, 6) is -0.940. The van der Waals surface area contributed by atoms with Gasteiger partial charge in [0, 0.05) is 11.7 Å². The number of para-hydroxylation sites is 1. The zero-order valence-electron chi connectivity index (χ0n) is 13.2. The van der Waals surface area contributed by atoms with E-state index < -0.39 is 12.1 Å². The summed E-state index contributed by atoms with van der Waals surface area (Å²) in [5, 5.41) is 0. The number of rotatable bonds is 3. The van der Waals surface area contributed by atoms with Crippen LogP contribution >= 0.6 is 0 Å². The van der Waals surface area contributed by atoms with Crippen LogP contribution in [0.15, 0.2) is 36.3 Å². The fourth-order valence-electron chi connectivity index (χ4n) is 2.84. The summed E-state index contributed by atoms with van der Waals surface area (Å²) in [5.41, 5.74) is 2.00. The molecule has 122 valence electrons. The topological polar surface area (TPSA) is 65.1 Å². The SMILES string of the molecule is C[C@@H](OC(=O)C1=COCCO1)C(=O)N1c2ccccc2C[C@@H]1C. The van der Waals surface area contributed by atoms with Gasteiger partial charge in [-0.15, -0.1) is 0 Å². The van der Waals surface area contributed by atoms with Crippen molar-refractivity contribution >= 4 is 17.6 Å². The first kappa shape index (κ1) is 15.4. The number of hydrogen-bond acceptors (Lipinski definition) is 5. The Morgan fingerprint density at radius 3 is 2.83 bits per heavy atom. The van der Waals surface area contributed by atoms with E-state index in [0.29, 0.717) is 13.2 Å². The van der Waals surface area contributed by atoms with E-state index in [4.69, 9.17) is 14.2 Å². The number of hydrogen-bond donors (Lipinski definition) is 0. The molecule has 0 bridgehead atoms. The molecule has 0 N–H and O–H groups in total. The number of nitrogens with zero attached hydrogens (tertiary/aromatic N) is 1. The molecule has 0 saturated carbocycles. The number of esters is 1. The zero-order chi connectivity index (χ0) is 16.4. The molecule has 0 unspecified atom stereocenters. The molecular formula is C17H19NO5. The molecule has 0 aliphatic carbocycles. The Balaban J connectivity index is 1.70. The molecule has 1 aromatic carbocycles. The van der Waals surface area contributed by atoms with Gasteiger partial charge in [-0.05, 0) is 31.9 Å². The molecule has 0 saturated heterocycles. The van der Waals surface area contributed by atoms with Gasteiger partial charge in [-0.25, -0.2) is 4.79 Å². The lowest BCUT2D eigenvalue weighted by atomic mass is 10.1. The molecule has 1 amide bonds. The van der Waals surface area contributed by atoms with Gasteiger partial charge in [0.2, 0.25) is 5.76 Å². The van der Waals surface area contributed by atoms with Crippen LogP contribution in [0.4, 0.5) is 5.69 Å². The van der Waals surface area contributed by atoms with Crippen molar-refractivity contribution in [1.82, 2.24) is 0 Å². The van der Waals surface area contributed by atoms with Crippen molar-refractivity contribution in [3.05, 3.63) is 41.9 Å². The molecule has 0 fully saturated rings. The number of benzene rings is 1. The second-order valence-corrected chi connectivity index (χ2v) is 5.64. The van der Waals surface area contributed by atoms with Gasteiger partial charge >= 0.3 is 5.97 Å². The smallest absolute Gasteiger partial charge is 0.377 e. The highest BCUT2D eigenvalue weighted by Crippen LogP contribution is 2.32. The highest BCUT2D eigenvalue weighted by atomic mass is 16.6. The van der Waals surface area contributed by atoms with Gasteiger partial charge < -0.3 is 19.1 Å². The minimum Gasteiger partial charge on any atom is -0.493 e. The standard InChI is InChI=1S/C17H19NO5/c1-11-9-13-5-3-4-6-14(13)18(11)16(19)12(2)23-17(20)15-10-21-7-8-22-15/h3-6,10-12H,7-9H2,1-2H3/t11-,12+/m0/s1. The second-order valence-electron chi connectivity index (χ2n) is 5.64. The lowest BCUT2D eigenvalue weighted by molar-refractivity contribution is -0.154. The molecule has 2 heterocycles. The van der Waals surface area contributed by atoms with Gasteiger partial charge in [-0.3, -0.25) is 4.79 Å². The summed E-state index contributed by atoms with van der Waals surface area (Å²) in [6, 6.07) is 7.80. The molecule has 6 heteroatoms. The Morgan fingerprint density at radius 2 is 2.09 bits per heavy atom. The van der Waals surface area contributed by atoms with Crippen molar-refractivity contribution in [1.29, 1.82) is 0 Å². The molecule has 2 aliphatic rings. The largest absolute Gasteiger partial charge is 0.493 e. The summed E-state index contributed by atoms with van der Waals surface area (Å²) in [4.78, 5) is 26.4. The van der Waals surface area contributed by atoms with Gasteiger partial charge in [0.05, 0.1) is 0 Å². The third kappa shape index (κ3) is 3.02. The van der Waals surface area contributed by atoms with E-state index in [-0.39, 0.29) is 17.7 Å². The number of carbonyl (C=O) groups excluding carboxylic acids is 2. The Hall–Kier alpha value is -2.50. The fraction of sp³-hybridized carbons (Fsp3) is 0.412. The average Bonchev–Trinajstić information content (AvgIpc) is 2.90. The second kappa shape index (κ2) is 6.32. The Bertz CT molecular complexity index is 654. The van der Waals surface area contributed by atoms with Crippen molar-refractivity contribution in [2.45, 2.75) is 32.4 Å². The van der Waals surface area contributed by atoms with Crippen LogP contribution in [0.3, 0.4) is 0 Å². The summed E-state index contributed by atoms with van der Waals surface area (Å²) < 4.78 is 15.4. The highest BCUT2D eigenvalue weighted by Gasteiger charge is 2.35. The summed E-state index contributed by atoms with van der Waals surface area (Å²) in [6.45, 7) is 4.23. The van der Waals surface area contributed by atoms with Crippen LogP contribution in [0.5, 0.6) is 0 Å². The van der Waals surface area contributed by atoms with Gasteiger partial charge in [0.25, 0.3) is 5.91 Å². The first-order valence-electron chi connectivity index (χ1n) is 7.64. The van der Waals surface area contributed by atoms with Crippen LogP contribution in [0.25, 0.3) is 0 Å². The molecular weight excluding hydrogens is 298 g/mol. The van der Waals surface area contributed by atoms with Crippen molar-refractivity contribution in [3.8, 4) is 0 Å². The van der Waals surface area contributed by atoms with Gasteiger partial charge in [0.1, 0.15) is 19.5 Å². The normalized spacial score (nSPS) is 20.7. The van der Waals surface area contributed by atoms with Gasteiger partial charge in [0.15, 0.2) is 6.10 Å².